The Hall–Kier alpha value is -2.56. The fourth-order valence-electron chi connectivity index (χ4n) is 2.95. The number of aromatic nitrogens is 3. The van der Waals surface area contributed by atoms with Crippen LogP contribution in [0.3, 0.4) is 0 Å². The molecule has 5 nitrogen and oxygen atoms in total. The zero-order chi connectivity index (χ0) is 14.4. The number of rotatable bonds is 2. The van der Waals surface area contributed by atoms with Gasteiger partial charge < -0.3 is 10.1 Å². The molecule has 1 aliphatic carbocycles. The summed E-state index contributed by atoms with van der Waals surface area (Å²) < 4.78 is 0. The number of fused-ring (bicyclic) bond motifs is 1. The number of nitrogens with one attached hydrogen (secondary N) is 2. The second-order valence-corrected chi connectivity index (χ2v) is 5.53. The maximum Gasteiger partial charge on any atom is 0.261 e. The van der Waals surface area contributed by atoms with Crippen molar-refractivity contribution in [2.45, 2.75) is 25.2 Å². The van der Waals surface area contributed by atoms with Crippen molar-refractivity contribution in [3.63, 3.8) is 0 Å². The lowest BCUT2D eigenvalue weighted by Crippen LogP contribution is -2.11. The van der Waals surface area contributed by atoms with E-state index in [1.165, 1.54) is 6.42 Å². The molecule has 0 amide bonds. The number of aromatic hydroxyl groups is 1. The van der Waals surface area contributed by atoms with Gasteiger partial charge in [-0.3, -0.25) is 9.89 Å². The lowest BCUT2D eigenvalue weighted by atomic mass is 9.82. The predicted octanol–water partition coefficient (Wildman–Crippen LogP) is 2.89. The largest absolute Gasteiger partial charge is 0.506 e. The Morgan fingerprint density at radius 3 is 2.62 bits per heavy atom. The first kappa shape index (κ1) is 12.2. The Balaban J connectivity index is 2.01. The van der Waals surface area contributed by atoms with E-state index in [1.54, 1.807) is 0 Å². The van der Waals surface area contributed by atoms with Gasteiger partial charge in [0, 0.05) is 5.92 Å². The van der Waals surface area contributed by atoms with Crippen molar-refractivity contribution in [2.24, 2.45) is 0 Å². The average molecular weight is 281 g/mol. The number of aromatic amines is 2. The summed E-state index contributed by atoms with van der Waals surface area (Å²) in [6.45, 7) is 0. The molecule has 4 rings (SSSR count). The van der Waals surface area contributed by atoms with E-state index in [9.17, 15) is 9.90 Å². The molecule has 0 unspecified atom stereocenters. The smallest absolute Gasteiger partial charge is 0.261 e. The highest BCUT2D eigenvalue weighted by Gasteiger charge is 2.27. The summed E-state index contributed by atoms with van der Waals surface area (Å²) in [5, 5.41) is 18.4. The van der Waals surface area contributed by atoms with Crippen LogP contribution < -0.4 is 5.56 Å². The SMILES string of the molecule is O=c1[nH]c2n[nH]c(C3CCC3)c2c(O)c1-c1ccccc1. The van der Waals surface area contributed by atoms with Crippen molar-refractivity contribution in [1.82, 2.24) is 15.2 Å². The fraction of sp³-hybridized carbons (Fsp3) is 0.250. The van der Waals surface area contributed by atoms with E-state index in [2.05, 4.69) is 15.2 Å². The van der Waals surface area contributed by atoms with E-state index in [-0.39, 0.29) is 11.3 Å². The lowest BCUT2D eigenvalue weighted by Gasteiger charge is -2.24. The summed E-state index contributed by atoms with van der Waals surface area (Å²) in [7, 11) is 0. The van der Waals surface area contributed by atoms with E-state index in [4.69, 9.17) is 0 Å². The molecule has 0 radical (unpaired) electrons. The fourth-order valence-corrected chi connectivity index (χ4v) is 2.95. The van der Waals surface area contributed by atoms with Crippen LogP contribution in [0.2, 0.25) is 0 Å². The molecule has 2 aromatic heterocycles. The predicted molar refractivity (Wildman–Crippen MR) is 80.4 cm³/mol. The van der Waals surface area contributed by atoms with E-state index in [0.29, 0.717) is 28.1 Å². The molecule has 1 fully saturated rings. The van der Waals surface area contributed by atoms with Crippen LogP contribution >= 0.6 is 0 Å². The second kappa shape index (κ2) is 4.48. The van der Waals surface area contributed by atoms with E-state index in [0.717, 1.165) is 18.5 Å². The van der Waals surface area contributed by atoms with Crippen molar-refractivity contribution in [2.75, 3.05) is 0 Å². The zero-order valence-corrected chi connectivity index (χ0v) is 11.4. The molecular weight excluding hydrogens is 266 g/mol. The highest BCUT2D eigenvalue weighted by atomic mass is 16.3. The van der Waals surface area contributed by atoms with Gasteiger partial charge >= 0.3 is 0 Å². The minimum Gasteiger partial charge on any atom is -0.506 e. The number of H-pyrrole nitrogens is 2. The number of hydrogen-bond donors (Lipinski definition) is 3. The first-order valence-electron chi connectivity index (χ1n) is 7.14. The summed E-state index contributed by atoms with van der Waals surface area (Å²) in [4.78, 5) is 15.0. The number of nitrogens with zero attached hydrogens (tertiary/aromatic N) is 1. The third-order valence-corrected chi connectivity index (χ3v) is 4.30. The topological polar surface area (TPSA) is 81.8 Å². The number of hydrogen-bond acceptors (Lipinski definition) is 3. The summed E-state index contributed by atoms with van der Waals surface area (Å²) in [6.07, 6.45) is 3.38. The summed E-state index contributed by atoms with van der Waals surface area (Å²) in [6, 6.07) is 9.21. The van der Waals surface area contributed by atoms with Gasteiger partial charge in [0.25, 0.3) is 5.56 Å². The Morgan fingerprint density at radius 2 is 1.95 bits per heavy atom. The van der Waals surface area contributed by atoms with Gasteiger partial charge in [-0.1, -0.05) is 36.8 Å². The minimum absolute atomic E-state index is 0.0237. The molecule has 5 heteroatoms. The summed E-state index contributed by atoms with van der Waals surface area (Å²) in [5.74, 6) is 0.422. The molecule has 21 heavy (non-hydrogen) atoms. The second-order valence-electron chi connectivity index (χ2n) is 5.53. The molecule has 1 saturated carbocycles. The molecular formula is C16H15N3O2. The highest BCUT2D eigenvalue weighted by Crippen LogP contribution is 2.42. The molecule has 0 saturated heterocycles. The van der Waals surface area contributed by atoms with Gasteiger partial charge in [-0.05, 0) is 18.4 Å². The van der Waals surface area contributed by atoms with Crippen LogP contribution in [0.4, 0.5) is 0 Å². The molecule has 106 valence electrons. The molecule has 1 aromatic carbocycles. The van der Waals surface area contributed by atoms with Gasteiger partial charge in [-0.15, -0.1) is 0 Å². The minimum atomic E-state index is -0.321. The maximum atomic E-state index is 12.2. The monoisotopic (exact) mass is 281 g/mol. The molecule has 0 bridgehead atoms. The van der Waals surface area contributed by atoms with Crippen molar-refractivity contribution in [3.8, 4) is 16.9 Å². The third-order valence-electron chi connectivity index (χ3n) is 4.30. The first-order chi connectivity index (χ1) is 10.3. The van der Waals surface area contributed by atoms with Crippen LogP contribution in [0, 0.1) is 0 Å². The van der Waals surface area contributed by atoms with Gasteiger partial charge in [-0.2, -0.15) is 5.10 Å². The van der Waals surface area contributed by atoms with Crippen molar-refractivity contribution < 1.29 is 5.11 Å². The Kier molecular flexibility index (Phi) is 2.60. The van der Waals surface area contributed by atoms with Gasteiger partial charge in [0.1, 0.15) is 5.75 Å². The van der Waals surface area contributed by atoms with Crippen molar-refractivity contribution in [1.29, 1.82) is 0 Å². The zero-order valence-electron chi connectivity index (χ0n) is 11.4. The van der Waals surface area contributed by atoms with Crippen LogP contribution in [-0.2, 0) is 0 Å². The van der Waals surface area contributed by atoms with E-state index >= 15 is 0 Å². The van der Waals surface area contributed by atoms with Crippen molar-refractivity contribution in [3.05, 3.63) is 46.4 Å². The van der Waals surface area contributed by atoms with Crippen LogP contribution in [0.1, 0.15) is 30.9 Å². The van der Waals surface area contributed by atoms with Gasteiger partial charge in [-0.25, -0.2) is 0 Å². The van der Waals surface area contributed by atoms with Gasteiger partial charge in [0.05, 0.1) is 16.6 Å². The molecule has 0 atom stereocenters. The molecule has 0 aliphatic heterocycles. The first-order valence-corrected chi connectivity index (χ1v) is 7.14. The summed E-state index contributed by atoms with van der Waals surface area (Å²) in [5.41, 5.74) is 2.06. The normalized spacial score (nSPS) is 15.2. The Morgan fingerprint density at radius 1 is 1.19 bits per heavy atom. The molecule has 3 N–H and O–H groups in total. The van der Waals surface area contributed by atoms with Crippen LogP contribution in [0.15, 0.2) is 35.1 Å². The number of benzene rings is 1. The van der Waals surface area contributed by atoms with Crippen LogP contribution in [0.5, 0.6) is 5.75 Å². The quantitative estimate of drug-likeness (QED) is 0.675. The van der Waals surface area contributed by atoms with Crippen molar-refractivity contribution >= 4 is 11.0 Å². The Bertz CT molecular complexity index is 860. The standard InChI is InChI=1S/C16H15N3O2/c20-14-11(9-5-2-1-3-6-9)16(21)17-15-12(14)13(18-19-15)10-7-4-8-10/h1-3,5-6,10H,4,7-8H2,(H3,17,18,19,20,21). The summed E-state index contributed by atoms with van der Waals surface area (Å²) >= 11 is 0. The average Bonchev–Trinajstić information content (AvgIpc) is 2.82. The molecule has 1 aliphatic rings. The van der Waals surface area contributed by atoms with E-state index in [1.807, 2.05) is 30.3 Å². The van der Waals surface area contributed by atoms with Gasteiger partial charge in [0.15, 0.2) is 5.65 Å². The molecule has 0 spiro atoms. The number of pyridine rings is 1. The lowest BCUT2D eigenvalue weighted by molar-refractivity contribution is 0.411. The molecule has 3 aromatic rings. The van der Waals surface area contributed by atoms with Gasteiger partial charge in [0.2, 0.25) is 0 Å². The van der Waals surface area contributed by atoms with Crippen LogP contribution in [0.25, 0.3) is 22.2 Å². The Labute approximate surface area is 120 Å². The van der Waals surface area contributed by atoms with Crippen LogP contribution in [-0.4, -0.2) is 20.3 Å². The maximum absolute atomic E-state index is 12.2. The third kappa shape index (κ3) is 1.77. The van der Waals surface area contributed by atoms with E-state index < -0.39 is 0 Å². The highest BCUT2D eigenvalue weighted by molar-refractivity contribution is 5.92. The molecule has 2 heterocycles.